The molecule has 0 unspecified atom stereocenters. The predicted molar refractivity (Wildman–Crippen MR) is 66.0 cm³/mol. The molecule has 94 valence electrons. The fraction of sp³-hybridized carbons (Fsp3) is 0.0833. The van der Waals surface area contributed by atoms with Gasteiger partial charge in [0.05, 0.1) is 6.26 Å². The minimum Gasteiger partial charge on any atom is -0.475 e. The maximum absolute atomic E-state index is 12.8. The molecule has 1 aromatic heterocycles. The van der Waals surface area contributed by atoms with E-state index in [9.17, 15) is 9.18 Å². The summed E-state index contributed by atoms with van der Waals surface area (Å²) in [5, 5.41) is 8.87. The minimum atomic E-state index is -1.11. The molecule has 0 spiro atoms. The Labute approximate surface area is 107 Å². The number of furan rings is 1. The number of anilines is 1. The Balaban J connectivity index is 2.11. The van der Waals surface area contributed by atoms with Crippen molar-refractivity contribution >= 4 is 23.4 Å². The maximum atomic E-state index is 12.8. The summed E-state index contributed by atoms with van der Waals surface area (Å²) in [4.78, 5) is 11.5. The van der Waals surface area contributed by atoms with Crippen LogP contribution in [0.1, 0.15) is 16.1 Å². The summed E-state index contributed by atoms with van der Waals surface area (Å²) in [6.45, 7) is 0. The zero-order chi connectivity index (χ0) is 13.1. The lowest BCUT2D eigenvalue weighted by molar-refractivity contribution is 0.0661. The Morgan fingerprint density at radius 1 is 1.44 bits per heavy atom. The highest BCUT2D eigenvalue weighted by Gasteiger charge is 2.14. The van der Waals surface area contributed by atoms with Crippen LogP contribution >= 0.6 is 11.8 Å². The molecule has 4 nitrogen and oxygen atoms in total. The molecule has 1 aromatic carbocycles. The predicted octanol–water partition coefficient (Wildman–Crippen LogP) is 2.99. The standard InChI is InChI=1S/C12H10FNO3S/c13-8-1-2-10(9(14)5-8)18-6-7-3-4-17-11(7)12(15)16/h1-5H,6,14H2,(H,15,16). The van der Waals surface area contributed by atoms with E-state index >= 15 is 0 Å². The van der Waals surface area contributed by atoms with E-state index in [1.807, 2.05) is 0 Å². The molecule has 1 heterocycles. The highest BCUT2D eigenvalue weighted by molar-refractivity contribution is 7.98. The summed E-state index contributed by atoms with van der Waals surface area (Å²) >= 11 is 1.33. The zero-order valence-corrected chi connectivity index (χ0v) is 10.0. The third kappa shape index (κ3) is 2.65. The Kier molecular flexibility index (Phi) is 3.57. The van der Waals surface area contributed by atoms with Crippen molar-refractivity contribution in [3.63, 3.8) is 0 Å². The maximum Gasteiger partial charge on any atom is 0.372 e. The number of halogens is 1. The summed E-state index contributed by atoms with van der Waals surface area (Å²) in [6, 6.07) is 5.70. The van der Waals surface area contributed by atoms with E-state index in [0.717, 1.165) is 0 Å². The van der Waals surface area contributed by atoms with Crippen molar-refractivity contribution in [2.24, 2.45) is 0 Å². The molecule has 3 N–H and O–H groups in total. The molecule has 18 heavy (non-hydrogen) atoms. The molecule has 0 radical (unpaired) electrons. The molecule has 0 fully saturated rings. The summed E-state index contributed by atoms with van der Waals surface area (Å²) in [7, 11) is 0. The average Bonchev–Trinajstić information content (AvgIpc) is 2.76. The highest BCUT2D eigenvalue weighted by atomic mass is 32.2. The van der Waals surface area contributed by atoms with Crippen LogP contribution in [0, 0.1) is 5.82 Å². The summed E-state index contributed by atoms with van der Waals surface area (Å²) in [5.74, 6) is -1.19. The zero-order valence-electron chi connectivity index (χ0n) is 9.22. The van der Waals surface area contributed by atoms with Gasteiger partial charge in [0.2, 0.25) is 5.76 Å². The second-order valence-corrected chi connectivity index (χ2v) is 4.57. The molecule has 0 saturated heterocycles. The molecule has 2 aromatic rings. The van der Waals surface area contributed by atoms with Gasteiger partial charge >= 0.3 is 5.97 Å². The lowest BCUT2D eigenvalue weighted by Crippen LogP contribution is -1.98. The van der Waals surface area contributed by atoms with Crippen LogP contribution in [-0.4, -0.2) is 11.1 Å². The molecule has 0 saturated carbocycles. The van der Waals surface area contributed by atoms with Crippen LogP contribution in [0.3, 0.4) is 0 Å². The van der Waals surface area contributed by atoms with Gasteiger partial charge in [-0.3, -0.25) is 0 Å². The van der Waals surface area contributed by atoms with E-state index in [2.05, 4.69) is 0 Å². The highest BCUT2D eigenvalue weighted by Crippen LogP contribution is 2.29. The van der Waals surface area contributed by atoms with E-state index in [1.165, 1.54) is 30.2 Å². The van der Waals surface area contributed by atoms with Gasteiger partial charge in [-0.15, -0.1) is 11.8 Å². The van der Waals surface area contributed by atoms with E-state index < -0.39 is 11.8 Å². The van der Waals surface area contributed by atoms with Crippen LogP contribution in [-0.2, 0) is 5.75 Å². The number of carboxylic acid groups (broad SMARTS) is 1. The number of aromatic carboxylic acids is 1. The summed E-state index contributed by atoms with van der Waals surface area (Å²) in [6.07, 6.45) is 1.33. The Morgan fingerprint density at radius 2 is 2.22 bits per heavy atom. The third-order valence-corrected chi connectivity index (χ3v) is 3.43. The SMILES string of the molecule is Nc1cc(F)ccc1SCc1ccoc1C(=O)O. The second kappa shape index (κ2) is 5.14. The summed E-state index contributed by atoms with van der Waals surface area (Å²) in [5.41, 5.74) is 6.56. The van der Waals surface area contributed by atoms with Crippen LogP contribution in [0.2, 0.25) is 0 Å². The lowest BCUT2D eigenvalue weighted by atomic mass is 10.3. The van der Waals surface area contributed by atoms with Gasteiger partial charge < -0.3 is 15.3 Å². The first kappa shape index (κ1) is 12.5. The molecule has 2 rings (SSSR count). The van der Waals surface area contributed by atoms with Gasteiger partial charge in [0.1, 0.15) is 5.82 Å². The van der Waals surface area contributed by atoms with Gasteiger partial charge in [-0.05, 0) is 24.3 Å². The molecule has 6 heteroatoms. The van der Waals surface area contributed by atoms with E-state index in [1.54, 1.807) is 12.1 Å². The Bertz CT molecular complexity index is 582. The van der Waals surface area contributed by atoms with Crippen molar-refractivity contribution in [2.45, 2.75) is 10.6 Å². The van der Waals surface area contributed by atoms with Crippen LogP contribution in [0.15, 0.2) is 39.8 Å². The number of nitrogens with two attached hydrogens (primary N) is 1. The molecule has 0 atom stereocenters. The molecular weight excluding hydrogens is 257 g/mol. The van der Waals surface area contributed by atoms with Crippen LogP contribution < -0.4 is 5.73 Å². The number of benzene rings is 1. The van der Waals surface area contributed by atoms with Crippen LogP contribution in [0.25, 0.3) is 0 Å². The van der Waals surface area contributed by atoms with E-state index in [0.29, 0.717) is 21.9 Å². The first-order valence-corrected chi connectivity index (χ1v) is 6.04. The quantitative estimate of drug-likeness (QED) is 0.657. The van der Waals surface area contributed by atoms with Crippen molar-refractivity contribution in [1.29, 1.82) is 0 Å². The van der Waals surface area contributed by atoms with Crippen LogP contribution in [0.5, 0.6) is 0 Å². The number of hydrogen-bond donors (Lipinski definition) is 2. The minimum absolute atomic E-state index is 0.0804. The van der Waals surface area contributed by atoms with Gasteiger partial charge in [0, 0.05) is 21.9 Å². The van der Waals surface area contributed by atoms with Crippen molar-refractivity contribution in [3.8, 4) is 0 Å². The Hall–Kier alpha value is -1.95. The average molecular weight is 267 g/mol. The molecule has 0 aliphatic rings. The van der Waals surface area contributed by atoms with Gasteiger partial charge in [-0.25, -0.2) is 9.18 Å². The number of thioether (sulfide) groups is 1. The number of rotatable bonds is 4. The van der Waals surface area contributed by atoms with Gasteiger partial charge in [0.25, 0.3) is 0 Å². The number of hydrogen-bond acceptors (Lipinski definition) is 4. The number of carboxylic acids is 1. The van der Waals surface area contributed by atoms with Gasteiger partial charge in [-0.1, -0.05) is 0 Å². The fourth-order valence-corrected chi connectivity index (χ4v) is 2.37. The molecular formula is C12H10FNO3S. The molecule has 0 aliphatic heterocycles. The molecule has 0 amide bonds. The lowest BCUT2D eigenvalue weighted by Gasteiger charge is -2.04. The van der Waals surface area contributed by atoms with Gasteiger partial charge in [0.15, 0.2) is 0 Å². The van der Waals surface area contributed by atoms with Gasteiger partial charge in [-0.2, -0.15) is 0 Å². The fourth-order valence-electron chi connectivity index (χ4n) is 1.44. The number of carbonyl (C=O) groups is 1. The first-order chi connectivity index (χ1) is 8.58. The third-order valence-electron chi connectivity index (χ3n) is 2.30. The van der Waals surface area contributed by atoms with Crippen molar-refractivity contribution in [1.82, 2.24) is 0 Å². The largest absolute Gasteiger partial charge is 0.475 e. The topological polar surface area (TPSA) is 76.5 Å². The van der Waals surface area contributed by atoms with Crippen LogP contribution in [0.4, 0.5) is 10.1 Å². The van der Waals surface area contributed by atoms with Crippen molar-refractivity contribution in [2.75, 3.05) is 5.73 Å². The first-order valence-electron chi connectivity index (χ1n) is 5.05. The number of nitrogen functional groups attached to an aromatic ring is 1. The molecule has 0 bridgehead atoms. The van der Waals surface area contributed by atoms with E-state index in [-0.39, 0.29) is 5.76 Å². The second-order valence-electron chi connectivity index (χ2n) is 3.55. The smallest absolute Gasteiger partial charge is 0.372 e. The summed E-state index contributed by atoms with van der Waals surface area (Å²) < 4.78 is 17.7. The molecule has 0 aliphatic carbocycles. The van der Waals surface area contributed by atoms with Crippen molar-refractivity contribution in [3.05, 3.63) is 47.7 Å². The normalized spacial score (nSPS) is 10.5. The Morgan fingerprint density at radius 3 is 2.89 bits per heavy atom. The van der Waals surface area contributed by atoms with Crippen molar-refractivity contribution < 1.29 is 18.7 Å². The monoisotopic (exact) mass is 267 g/mol. The van der Waals surface area contributed by atoms with E-state index in [4.69, 9.17) is 15.3 Å².